The molecular weight excluding hydrogens is 548 g/mol. The molecule has 1 N–H and O–H groups in total. The normalized spacial score (nSPS) is 18.9. The molecule has 1 amide bonds. The molecule has 1 saturated heterocycles. The van der Waals surface area contributed by atoms with Crippen LogP contribution in [0.4, 0.5) is 4.79 Å². The van der Waals surface area contributed by atoms with Gasteiger partial charge in [0.2, 0.25) is 0 Å². The van der Waals surface area contributed by atoms with Crippen LogP contribution in [0.1, 0.15) is 48.3 Å². The third-order valence-corrected chi connectivity index (χ3v) is 9.12. The molecule has 0 unspecified atom stereocenters. The van der Waals surface area contributed by atoms with Gasteiger partial charge in [-0.2, -0.15) is 0 Å². The van der Waals surface area contributed by atoms with Gasteiger partial charge in [0.15, 0.2) is 0 Å². The summed E-state index contributed by atoms with van der Waals surface area (Å²) in [4.78, 5) is 30.4. The number of likely N-dealkylation sites (tertiary alicyclic amines) is 1. The van der Waals surface area contributed by atoms with Gasteiger partial charge >= 0.3 is 12.1 Å². The first kappa shape index (κ1) is 25.1. The van der Waals surface area contributed by atoms with E-state index in [1.807, 2.05) is 36.4 Å². The van der Waals surface area contributed by atoms with Crippen LogP contribution in [0.5, 0.6) is 0 Å². The van der Waals surface area contributed by atoms with Crippen LogP contribution in [0.15, 0.2) is 71.5 Å². The average Bonchev–Trinajstić information content (AvgIpc) is 3.23. The molecule has 1 spiro atoms. The summed E-state index contributed by atoms with van der Waals surface area (Å²) in [5.74, 6) is -0.948. The Morgan fingerprint density at radius 3 is 2.18 bits per heavy atom. The summed E-state index contributed by atoms with van der Waals surface area (Å²) in [6, 6.07) is 20.4. The van der Waals surface area contributed by atoms with Crippen LogP contribution in [0, 0.1) is 5.41 Å². The second-order valence-corrected chi connectivity index (χ2v) is 11.4. The molecule has 8 heteroatoms. The molecular formula is C30H29BrN2O5. The quantitative estimate of drug-likeness (QED) is 0.364. The predicted octanol–water partition coefficient (Wildman–Crippen LogP) is 5.97. The minimum Gasteiger partial charge on any atom is -0.480 e. The molecule has 1 aromatic heterocycles. The lowest BCUT2D eigenvalue weighted by molar-refractivity contribution is -0.160. The molecule has 2 aromatic carbocycles. The number of carboxylic acid groups (broad SMARTS) is 1. The lowest BCUT2D eigenvalue weighted by Gasteiger charge is -2.55. The number of fused-ring (bicyclic) bond motifs is 3. The van der Waals surface area contributed by atoms with Crippen molar-refractivity contribution in [2.75, 3.05) is 26.3 Å². The maximum atomic E-state index is 13.0. The number of carbonyl (C=O) groups excluding carboxylic acids is 1. The molecule has 2 heterocycles. The van der Waals surface area contributed by atoms with E-state index in [0.29, 0.717) is 37.1 Å². The fourth-order valence-electron chi connectivity index (χ4n) is 6.50. The van der Waals surface area contributed by atoms with Crippen molar-refractivity contribution in [3.63, 3.8) is 0 Å². The number of amides is 1. The minimum atomic E-state index is -0.991. The number of hydrogen-bond donors (Lipinski definition) is 1. The molecule has 1 saturated carbocycles. The Morgan fingerprint density at radius 1 is 0.947 bits per heavy atom. The standard InChI is InChI=1S/C30H29BrN2O5/c31-27-25(10-5-15-32-27)30(38-17-26(34)35)13-11-29(12-14-30)18-33(19-29)28(36)37-16-24-22-8-3-1-6-20(22)21-7-2-4-9-23(21)24/h1-10,15,24H,11-14,16-19H2,(H,34,35). The first-order valence-electron chi connectivity index (χ1n) is 13.0. The van der Waals surface area contributed by atoms with Crippen LogP contribution in [-0.2, 0) is 19.9 Å². The van der Waals surface area contributed by atoms with Crippen molar-refractivity contribution in [3.05, 3.63) is 88.2 Å². The first-order chi connectivity index (χ1) is 18.4. The van der Waals surface area contributed by atoms with E-state index < -0.39 is 11.6 Å². The average molecular weight is 577 g/mol. The molecule has 0 bridgehead atoms. The Bertz CT molecular complexity index is 1330. The number of pyridine rings is 1. The molecule has 3 aliphatic rings. The Kier molecular flexibility index (Phi) is 6.48. The highest BCUT2D eigenvalue weighted by Gasteiger charge is 2.52. The smallest absolute Gasteiger partial charge is 0.409 e. The van der Waals surface area contributed by atoms with Crippen LogP contribution in [0.2, 0.25) is 0 Å². The summed E-state index contributed by atoms with van der Waals surface area (Å²) in [6.45, 7) is 1.25. The second-order valence-electron chi connectivity index (χ2n) is 10.7. The largest absolute Gasteiger partial charge is 0.480 e. The molecule has 7 nitrogen and oxygen atoms in total. The van der Waals surface area contributed by atoms with Crippen LogP contribution in [-0.4, -0.2) is 53.4 Å². The third-order valence-electron chi connectivity index (χ3n) is 8.49. The van der Waals surface area contributed by atoms with E-state index in [-0.39, 0.29) is 24.0 Å². The lowest BCUT2D eigenvalue weighted by atomic mass is 9.63. The number of nitrogens with zero attached hydrogens (tertiary/aromatic N) is 2. The van der Waals surface area contributed by atoms with E-state index in [1.54, 1.807) is 11.1 Å². The van der Waals surface area contributed by atoms with E-state index in [2.05, 4.69) is 45.2 Å². The molecule has 1 aliphatic heterocycles. The number of benzene rings is 2. The predicted molar refractivity (Wildman–Crippen MR) is 145 cm³/mol. The summed E-state index contributed by atoms with van der Waals surface area (Å²) < 4.78 is 12.5. The molecule has 2 aliphatic carbocycles. The van der Waals surface area contributed by atoms with Gasteiger partial charge in [0.1, 0.15) is 17.8 Å². The van der Waals surface area contributed by atoms with Gasteiger partial charge in [-0.25, -0.2) is 14.6 Å². The van der Waals surface area contributed by atoms with Crippen molar-refractivity contribution >= 4 is 28.0 Å². The number of carbonyl (C=O) groups is 2. The van der Waals surface area contributed by atoms with Crippen molar-refractivity contribution in [3.8, 4) is 11.1 Å². The van der Waals surface area contributed by atoms with Gasteiger partial charge in [0.25, 0.3) is 0 Å². The first-order valence-corrected chi connectivity index (χ1v) is 13.8. The SMILES string of the molecule is O=C(O)COC1(c2cccnc2Br)CCC2(CC1)CN(C(=O)OCC1c3ccccc3-c3ccccc31)C2. The van der Waals surface area contributed by atoms with Crippen molar-refractivity contribution in [1.29, 1.82) is 0 Å². The summed E-state index contributed by atoms with van der Waals surface area (Å²) in [5.41, 5.74) is 5.01. The molecule has 3 aromatic rings. The Morgan fingerprint density at radius 2 is 1.58 bits per heavy atom. The Balaban J connectivity index is 1.08. The molecule has 2 fully saturated rings. The topological polar surface area (TPSA) is 89.0 Å². The highest BCUT2D eigenvalue weighted by molar-refractivity contribution is 9.10. The van der Waals surface area contributed by atoms with E-state index in [0.717, 1.165) is 18.4 Å². The zero-order valence-electron chi connectivity index (χ0n) is 20.9. The van der Waals surface area contributed by atoms with E-state index in [1.165, 1.54) is 22.3 Å². The van der Waals surface area contributed by atoms with Crippen molar-refractivity contribution < 1.29 is 24.2 Å². The fourth-order valence-corrected chi connectivity index (χ4v) is 7.11. The van der Waals surface area contributed by atoms with Crippen LogP contribution in [0.25, 0.3) is 11.1 Å². The summed E-state index contributed by atoms with van der Waals surface area (Å²) in [7, 11) is 0. The van der Waals surface area contributed by atoms with Gasteiger partial charge in [-0.15, -0.1) is 0 Å². The van der Waals surface area contributed by atoms with E-state index in [4.69, 9.17) is 9.47 Å². The fraction of sp³-hybridized carbons (Fsp3) is 0.367. The Hall–Kier alpha value is -3.23. The van der Waals surface area contributed by atoms with Gasteiger partial charge < -0.3 is 19.5 Å². The zero-order valence-corrected chi connectivity index (χ0v) is 22.5. The van der Waals surface area contributed by atoms with Gasteiger partial charge in [-0.3, -0.25) is 0 Å². The highest BCUT2D eigenvalue weighted by atomic mass is 79.9. The van der Waals surface area contributed by atoms with Gasteiger partial charge in [0, 0.05) is 36.2 Å². The van der Waals surface area contributed by atoms with Crippen molar-refractivity contribution in [2.24, 2.45) is 5.41 Å². The number of aromatic nitrogens is 1. The minimum absolute atomic E-state index is 0.0103. The van der Waals surface area contributed by atoms with Crippen molar-refractivity contribution in [2.45, 2.75) is 37.2 Å². The van der Waals surface area contributed by atoms with Gasteiger partial charge in [-0.05, 0) is 69.9 Å². The monoisotopic (exact) mass is 576 g/mol. The maximum absolute atomic E-state index is 13.0. The molecule has 0 radical (unpaired) electrons. The molecule has 196 valence electrons. The number of halogens is 1. The summed E-state index contributed by atoms with van der Waals surface area (Å²) in [6.07, 6.45) is 4.43. The van der Waals surface area contributed by atoms with Crippen LogP contribution in [0.3, 0.4) is 0 Å². The Labute approximate surface area is 229 Å². The van der Waals surface area contributed by atoms with Crippen LogP contribution < -0.4 is 0 Å². The van der Waals surface area contributed by atoms with Crippen molar-refractivity contribution in [1.82, 2.24) is 9.88 Å². The lowest BCUT2D eigenvalue weighted by Crippen LogP contribution is -2.61. The van der Waals surface area contributed by atoms with E-state index >= 15 is 0 Å². The maximum Gasteiger partial charge on any atom is 0.409 e. The summed E-state index contributed by atoms with van der Waals surface area (Å²) >= 11 is 3.52. The molecule has 6 rings (SSSR count). The van der Waals surface area contributed by atoms with Gasteiger partial charge in [-0.1, -0.05) is 54.6 Å². The number of carboxylic acids is 1. The molecule has 38 heavy (non-hydrogen) atoms. The molecule has 0 atom stereocenters. The zero-order chi connectivity index (χ0) is 26.3. The number of aliphatic carboxylic acids is 1. The number of rotatable bonds is 6. The highest BCUT2D eigenvalue weighted by Crippen LogP contribution is 2.53. The van der Waals surface area contributed by atoms with Gasteiger partial charge in [0.05, 0.1) is 5.60 Å². The third kappa shape index (κ3) is 4.39. The number of ether oxygens (including phenoxy) is 2. The van der Waals surface area contributed by atoms with Crippen LogP contribution >= 0.6 is 15.9 Å². The summed E-state index contributed by atoms with van der Waals surface area (Å²) in [5, 5.41) is 9.26. The van der Waals surface area contributed by atoms with E-state index in [9.17, 15) is 14.7 Å². The number of hydrogen-bond acceptors (Lipinski definition) is 5. The second kappa shape index (κ2) is 9.82.